The van der Waals surface area contributed by atoms with Crippen molar-refractivity contribution < 1.29 is 27.5 Å². The van der Waals surface area contributed by atoms with E-state index >= 15 is 0 Å². The Bertz CT molecular complexity index is 1480. The normalized spacial score (nSPS) is 12.6. The van der Waals surface area contributed by atoms with Gasteiger partial charge in [0.2, 0.25) is 11.8 Å². The van der Waals surface area contributed by atoms with Gasteiger partial charge >= 0.3 is 0 Å². The average molecular weight is 661 g/mol. The van der Waals surface area contributed by atoms with Crippen LogP contribution in [0, 0.1) is 6.92 Å². The Hall–Kier alpha value is -3.57. The number of rotatable bonds is 13. The molecule has 0 aromatic heterocycles. The summed E-state index contributed by atoms with van der Waals surface area (Å²) < 4.78 is 40.7. The SMILES string of the molecule is CC[C@@H](C)NC(=O)[C@H](C)N(Cc1ccc(Br)cc1)C(=O)CN(c1ccc(OC)c(OC)c1)S(=O)(=O)c1ccc(C)cc1. The molecule has 0 aliphatic rings. The Kier molecular flexibility index (Phi) is 11.4. The zero-order valence-electron chi connectivity index (χ0n) is 24.8. The molecular formula is C31H38BrN3O6S. The van der Waals surface area contributed by atoms with E-state index in [1.807, 2.05) is 45.0 Å². The Morgan fingerprint density at radius 3 is 2.12 bits per heavy atom. The number of benzene rings is 3. The summed E-state index contributed by atoms with van der Waals surface area (Å²) in [7, 11) is -1.28. The smallest absolute Gasteiger partial charge is 0.264 e. The van der Waals surface area contributed by atoms with Crippen LogP contribution in [0.3, 0.4) is 0 Å². The molecule has 0 fully saturated rings. The minimum atomic E-state index is -4.21. The number of sulfonamides is 1. The fourth-order valence-electron chi connectivity index (χ4n) is 4.18. The average Bonchev–Trinajstić information content (AvgIpc) is 2.98. The van der Waals surface area contributed by atoms with E-state index in [0.717, 1.165) is 26.3 Å². The molecule has 226 valence electrons. The molecule has 0 saturated heterocycles. The first-order valence-electron chi connectivity index (χ1n) is 13.6. The maximum Gasteiger partial charge on any atom is 0.264 e. The third-order valence-corrected chi connectivity index (χ3v) is 9.29. The van der Waals surface area contributed by atoms with Gasteiger partial charge in [-0.1, -0.05) is 52.7 Å². The van der Waals surface area contributed by atoms with Gasteiger partial charge < -0.3 is 19.7 Å². The molecule has 0 spiro atoms. The molecule has 0 unspecified atom stereocenters. The van der Waals surface area contributed by atoms with E-state index in [0.29, 0.717) is 11.5 Å². The Labute approximate surface area is 257 Å². The first-order valence-corrected chi connectivity index (χ1v) is 15.8. The van der Waals surface area contributed by atoms with Crippen molar-refractivity contribution in [2.75, 3.05) is 25.1 Å². The van der Waals surface area contributed by atoms with Crippen molar-refractivity contribution in [1.29, 1.82) is 0 Å². The summed E-state index contributed by atoms with van der Waals surface area (Å²) in [6.07, 6.45) is 0.723. The van der Waals surface area contributed by atoms with Crippen LogP contribution >= 0.6 is 15.9 Å². The van der Waals surface area contributed by atoms with Crippen molar-refractivity contribution in [3.8, 4) is 11.5 Å². The summed E-state index contributed by atoms with van der Waals surface area (Å²) >= 11 is 3.42. The first-order chi connectivity index (χ1) is 19.9. The molecule has 11 heteroatoms. The molecule has 2 amide bonds. The quantitative estimate of drug-likeness (QED) is 0.267. The number of aryl methyl sites for hydroxylation is 1. The van der Waals surface area contributed by atoms with E-state index in [1.54, 1.807) is 31.2 Å². The van der Waals surface area contributed by atoms with Crippen molar-refractivity contribution in [2.24, 2.45) is 0 Å². The number of nitrogens with zero attached hydrogens (tertiary/aromatic N) is 2. The number of ether oxygens (including phenoxy) is 2. The van der Waals surface area contributed by atoms with Crippen LogP contribution in [-0.4, -0.2) is 58.0 Å². The number of hydrogen-bond donors (Lipinski definition) is 1. The number of anilines is 1. The minimum absolute atomic E-state index is 0.0257. The van der Waals surface area contributed by atoms with E-state index in [9.17, 15) is 18.0 Å². The highest BCUT2D eigenvalue weighted by Crippen LogP contribution is 2.34. The van der Waals surface area contributed by atoms with E-state index < -0.39 is 28.5 Å². The van der Waals surface area contributed by atoms with Gasteiger partial charge in [-0.05, 0) is 69.2 Å². The van der Waals surface area contributed by atoms with Crippen LogP contribution in [0.2, 0.25) is 0 Å². The fraction of sp³-hybridized carbons (Fsp3) is 0.355. The second-order valence-corrected chi connectivity index (χ2v) is 12.8. The summed E-state index contributed by atoms with van der Waals surface area (Å²) in [5, 5.41) is 2.93. The number of nitrogens with one attached hydrogen (secondary N) is 1. The van der Waals surface area contributed by atoms with Gasteiger partial charge in [0.1, 0.15) is 12.6 Å². The Morgan fingerprint density at radius 1 is 0.929 bits per heavy atom. The van der Waals surface area contributed by atoms with Crippen molar-refractivity contribution in [1.82, 2.24) is 10.2 Å². The molecule has 0 heterocycles. The lowest BCUT2D eigenvalue weighted by molar-refractivity contribution is -0.139. The Balaban J connectivity index is 2.08. The third kappa shape index (κ3) is 8.04. The molecule has 3 aromatic rings. The van der Waals surface area contributed by atoms with Crippen molar-refractivity contribution >= 4 is 43.5 Å². The van der Waals surface area contributed by atoms with Crippen LogP contribution in [-0.2, 0) is 26.2 Å². The highest BCUT2D eigenvalue weighted by Gasteiger charge is 2.33. The van der Waals surface area contributed by atoms with Gasteiger partial charge in [-0.2, -0.15) is 0 Å². The van der Waals surface area contributed by atoms with E-state index in [1.165, 1.54) is 37.3 Å². The third-order valence-electron chi connectivity index (χ3n) is 6.98. The van der Waals surface area contributed by atoms with Gasteiger partial charge in [-0.25, -0.2) is 8.42 Å². The van der Waals surface area contributed by atoms with Crippen LogP contribution in [0.1, 0.15) is 38.3 Å². The molecule has 0 saturated carbocycles. The van der Waals surface area contributed by atoms with Crippen molar-refractivity contribution in [3.63, 3.8) is 0 Å². The van der Waals surface area contributed by atoms with Crippen LogP contribution < -0.4 is 19.1 Å². The van der Waals surface area contributed by atoms with Gasteiger partial charge in [0.25, 0.3) is 10.0 Å². The number of carbonyl (C=O) groups is 2. The number of amides is 2. The lowest BCUT2D eigenvalue weighted by Crippen LogP contribution is -2.52. The number of carbonyl (C=O) groups excluding carboxylic acids is 2. The predicted molar refractivity (Wildman–Crippen MR) is 167 cm³/mol. The molecule has 1 N–H and O–H groups in total. The summed E-state index contributed by atoms with van der Waals surface area (Å²) in [6, 6.07) is 17.5. The second kappa shape index (κ2) is 14.6. The number of hydrogen-bond acceptors (Lipinski definition) is 6. The molecule has 0 aliphatic carbocycles. The predicted octanol–water partition coefficient (Wildman–Crippen LogP) is 5.30. The highest BCUT2D eigenvalue weighted by molar-refractivity contribution is 9.10. The zero-order chi connectivity index (χ0) is 31.0. The standard InChI is InChI=1S/C31H38BrN3O6S/c1-7-22(3)33-31(37)23(4)34(19-24-10-12-25(32)13-11-24)30(36)20-35(26-14-17-28(40-5)29(18-26)41-6)42(38,39)27-15-8-21(2)9-16-27/h8-18,22-23H,7,19-20H2,1-6H3,(H,33,37)/t22-,23+/m1/s1. The maximum absolute atomic E-state index is 14.1. The lowest BCUT2D eigenvalue weighted by Gasteiger charge is -2.32. The molecule has 0 bridgehead atoms. The molecule has 0 radical (unpaired) electrons. The summed E-state index contributed by atoms with van der Waals surface area (Å²) in [4.78, 5) is 28.7. The van der Waals surface area contributed by atoms with Crippen LogP contribution in [0.5, 0.6) is 11.5 Å². The number of halogens is 1. The van der Waals surface area contributed by atoms with Gasteiger partial charge in [-0.15, -0.1) is 0 Å². The molecule has 2 atom stereocenters. The molecule has 3 rings (SSSR count). The lowest BCUT2D eigenvalue weighted by atomic mass is 10.1. The van der Waals surface area contributed by atoms with Crippen LogP contribution in [0.4, 0.5) is 5.69 Å². The topological polar surface area (TPSA) is 105 Å². The zero-order valence-corrected chi connectivity index (χ0v) is 27.2. The van der Waals surface area contributed by atoms with Gasteiger partial charge in [0.15, 0.2) is 11.5 Å². The van der Waals surface area contributed by atoms with Gasteiger partial charge in [0.05, 0.1) is 24.8 Å². The molecule has 42 heavy (non-hydrogen) atoms. The summed E-state index contributed by atoms with van der Waals surface area (Å²) in [5.41, 5.74) is 1.89. The van der Waals surface area contributed by atoms with Crippen molar-refractivity contribution in [2.45, 2.75) is 57.6 Å². The van der Waals surface area contributed by atoms with E-state index in [-0.39, 0.29) is 29.1 Å². The first kappa shape index (κ1) is 32.9. The minimum Gasteiger partial charge on any atom is -0.493 e. The molecule has 9 nitrogen and oxygen atoms in total. The monoisotopic (exact) mass is 659 g/mol. The van der Waals surface area contributed by atoms with Crippen LogP contribution in [0.15, 0.2) is 76.1 Å². The summed E-state index contributed by atoms with van der Waals surface area (Å²) in [5.74, 6) is -0.156. The summed E-state index contributed by atoms with van der Waals surface area (Å²) in [6.45, 7) is 6.89. The molecule has 0 aliphatic heterocycles. The molecule has 3 aromatic carbocycles. The maximum atomic E-state index is 14.1. The highest BCUT2D eigenvalue weighted by atomic mass is 79.9. The van der Waals surface area contributed by atoms with E-state index in [2.05, 4.69) is 21.2 Å². The molecular weight excluding hydrogens is 622 g/mol. The van der Waals surface area contributed by atoms with E-state index in [4.69, 9.17) is 9.47 Å². The fourth-order valence-corrected chi connectivity index (χ4v) is 5.85. The number of methoxy groups -OCH3 is 2. The van der Waals surface area contributed by atoms with Gasteiger partial charge in [0, 0.05) is 23.1 Å². The Morgan fingerprint density at radius 2 is 1.55 bits per heavy atom. The van der Waals surface area contributed by atoms with Gasteiger partial charge in [-0.3, -0.25) is 13.9 Å². The van der Waals surface area contributed by atoms with Crippen molar-refractivity contribution in [3.05, 3.63) is 82.3 Å². The largest absolute Gasteiger partial charge is 0.493 e. The van der Waals surface area contributed by atoms with Crippen LogP contribution in [0.25, 0.3) is 0 Å². The second-order valence-electron chi connectivity index (χ2n) is 10.0.